The van der Waals surface area contributed by atoms with E-state index < -0.39 is 16.1 Å². The van der Waals surface area contributed by atoms with E-state index in [0.29, 0.717) is 22.7 Å². The molecule has 0 unspecified atom stereocenters. The Bertz CT molecular complexity index is 310. The Morgan fingerprint density at radius 1 is 0.542 bits per heavy atom. The summed E-state index contributed by atoms with van der Waals surface area (Å²) < 4.78 is 27.9. The number of rotatable bonds is 18. The quantitative estimate of drug-likeness (QED) is 0.183. The van der Waals surface area contributed by atoms with E-state index in [0.717, 1.165) is 77.0 Å². The number of hydrogen-bond donors (Lipinski definition) is 0. The van der Waals surface area contributed by atoms with Crippen molar-refractivity contribution in [2.75, 3.05) is 13.2 Å². The van der Waals surface area contributed by atoms with Crippen molar-refractivity contribution in [1.29, 1.82) is 0 Å². The fourth-order valence-corrected chi connectivity index (χ4v) is 9.40. The van der Waals surface area contributed by atoms with Gasteiger partial charge in [0.1, 0.15) is 0 Å². The van der Waals surface area contributed by atoms with Crippen LogP contribution in [0, 0.1) is 0 Å². The molecule has 146 valence electrons. The van der Waals surface area contributed by atoms with Crippen molar-refractivity contribution in [2.45, 2.75) is 114 Å². The van der Waals surface area contributed by atoms with Crippen LogP contribution in [0.1, 0.15) is 105 Å². The molecule has 0 amide bonds. The van der Waals surface area contributed by atoms with Gasteiger partial charge in [0.2, 0.25) is 0 Å². The molecule has 0 N–H and O–H groups in total. The van der Waals surface area contributed by atoms with Gasteiger partial charge in [0.25, 0.3) is 0 Å². The Morgan fingerprint density at radius 3 is 1.21 bits per heavy atom. The van der Waals surface area contributed by atoms with Crippen LogP contribution >= 0.6 is 0 Å². The molecule has 24 heavy (non-hydrogen) atoms. The third kappa shape index (κ3) is 11.1. The maximum absolute atomic E-state index is 14.1. The van der Waals surface area contributed by atoms with E-state index in [9.17, 15) is 3.32 Å². The van der Waals surface area contributed by atoms with Crippen molar-refractivity contribution < 1.29 is 26.0 Å². The third-order valence-corrected chi connectivity index (χ3v) is 11.6. The Labute approximate surface area is 153 Å². The molecule has 0 aliphatic carbocycles. The summed E-state index contributed by atoms with van der Waals surface area (Å²) in [4.78, 5) is 0. The van der Waals surface area contributed by atoms with Gasteiger partial charge in [0.15, 0.2) is 0 Å². The van der Waals surface area contributed by atoms with Gasteiger partial charge in [0.05, 0.1) is 0 Å². The summed E-state index contributed by atoms with van der Waals surface area (Å²) in [6.45, 7) is 9.97. The molecule has 4 heteroatoms. The molecule has 0 saturated heterocycles. The number of unbranched alkanes of at least 4 members (excludes halogenated alkanes) is 8. The van der Waals surface area contributed by atoms with E-state index in [1.807, 2.05) is 0 Å². The fourth-order valence-electron chi connectivity index (χ4n) is 3.19. The third-order valence-electron chi connectivity index (χ3n) is 4.87. The normalized spacial score (nSPS) is 12.7. The van der Waals surface area contributed by atoms with Crippen LogP contribution in [0.15, 0.2) is 0 Å². The first-order chi connectivity index (χ1) is 11.5. The molecule has 0 aliphatic rings. The maximum atomic E-state index is 14.1. The average molecular weight is 380 g/mol. The van der Waals surface area contributed by atoms with Crippen molar-refractivity contribution in [2.24, 2.45) is 0 Å². The summed E-state index contributed by atoms with van der Waals surface area (Å²) in [7, 11) is 0. The van der Waals surface area contributed by atoms with Gasteiger partial charge in [0, 0.05) is 0 Å². The van der Waals surface area contributed by atoms with Crippen LogP contribution in [-0.2, 0) is 26.0 Å². The zero-order chi connectivity index (χ0) is 18.2. The second-order valence-electron chi connectivity index (χ2n) is 7.39. The predicted octanol–water partition coefficient (Wildman–Crippen LogP) is 7.48. The predicted molar refractivity (Wildman–Crippen MR) is 100 cm³/mol. The van der Waals surface area contributed by atoms with Crippen LogP contribution in [0.4, 0.5) is 0 Å². The van der Waals surface area contributed by atoms with Gasteiger partial charge in [-0.2, -0.15) is 0 Å². The van der Waals surface area contributed by atoms with Crippen LogP contribution in [0.5, 0.6) is 0 Å². The molecule has 0 heterocycles. The molecule has 0 atom stereocenters. The monoisotopic (exact) mass is 380 g/mol. The average Bonchev–Trinajstić information content (AvgIpc) is 2.57. The summed E-state index contributed by atoms with van der Waals surface area (Å²) in [5.74, 6) is 0. The van der Waals surface area contributed by atoms with Crippen molar-refractivity contribution in [3.05, 3.63) is 0 Å². The minimum absolute atomic E-state index is 0.612. The van der Waals surface area contributed by atoms with Crippen molar-refractivity contribution in [3.63, 3.8) is 0 Å². The van der Waals surface area contributed by atoms with E-state index in [4.69, 9.17) is 6.64 Å². The fraction of sp³-hybridized carbons (Fsp3) is 1.00. The van der Waals surface area contributed by atoms with Gasteiger partial charge in [-0.15, -0.1) is 0 Å². The topological polar surface area (TPSA) is 35.5 Å². The first-order valence-corrected chi connectivity index (χ1v) is 14.8. The van der Waals surface area contributed by atoms with Crippen LogP contribution < -0.4 is 0 Å². The van der Waals surface area contributed by atoms with E-state index in [-0.39, 0.29) is 0 Å². The van der Waals surface area contributed by atoms with E-state index in [1.165, 1.54) is 0 Å². The Balaban J connectivity index is 4.94. The van der Waals surface area contributed by atoms with E-state index >= 15 is 0 Å². The zero-order valence-corrected chi connectivity index (χ0v) is 18.6. The van der Waals surface area contributed by atoms with Crippen LogP contribution in [0.2, 0.25) is 9.45 Å². The first-order valence-electron chi connectivity index (χ1n) is 10.7. The Hall–Kier alpha value is 0.434. The van der Waals surface area contributed by atoms with Gasteiger partial charge in [-0.3, -0.25) is 0 Å². The summed E-state index contributed by atoms with van der Waals surface area (Å²) in [5.41, 5.74) is 0. The second kappa shape index (κ2) is 14.6. The molecule has 0 aromatic rings. The molecule has 0 bridgehead atoms. The van der Waals surface area contributed by atoms with Crippen LogP contribution in [-0.4, -0.2) is 13.2 Å². The molecule has 0 rings (SSSR count). The van der Waals surface area contributed by atoms with Crippen molar-refractivity contribution in [1.82, 2.24) is 0 Å². The van der Waals surface area contributed by atoms with Gasteiger partial charge in [-0.25, -0.2) is 0 Å². The molecular formula is C20H44O3Ti. The minimum atomic E-state index is -4.51. The summed E-state index contributed by atoms with van der Waals surface area (Å²) >= 11 is -4.51. The molecule has 0 radical (unpaired) electrons. The van der Waals surface area contributed by atoms with Crippen molar-refractivity contribution in [3.8, 4) is 0 Å². The summed E-state index contributed by atoms with van der Waals surface area (Å²) in [5, 5.41) is 0. The molecule has 3 nitrogen and oxygen atoms in total. The van der Waals surface area contributed by atoms with E-state index in [1.54, 1.807) is 0 Å². The zero-order valence-electron chi connectivity index (χ0n) is 17.0. The Kier molecular flexibility index (Phi) is 14.9. The molecule has 0 fully saturated rings. The SMILES string of the molecule is CCCCC[O][Ti](=[O])([CH2]CCCC)([CH2]CCCC)[O]CCCCC. The Morgan fingerprint density at radius 2 is 0.875 bits per heavy atom. The van der Waals surface area contributed by atoms with Crippen molar-refractivity contribution >= 4 is 0 Å². The number of hydrogen-bond acceptors (Lipinski definition) is 3. The molecular weight excluding hydrogens is 336 g/mol. The van der Waals surface area contributed by atoms with Crippen LogP contribution in [0.25, 0.3) is 0 Å². The van der Waals surface area contributed by atoms with Gasteiger partial charge >= 0.3 is 153 Å². The van der Waals surface area contributed by atoms with Gasteiger partial charge in [-0.1, -0.05) is 0 Å². The second-order valence-corrected chi connectivity index (χ2v) is 14.1. The van der Waals surface area contributed by atoms with Gasteiger partial charge < -0.3 is 0 Å². The molecule has 0 saturated carbocycles. The summed E-state index contributed by atoms with van der Waals surface area (Å²) in [6.07, 6.45) is 13.1. The first kappa shape index (κ1) is 24.4. The molecule has 0 aliphatic heterocycles. The molecule has 0 aromatic heterocycles. The standard InChI is InChI=1S/2C5H11O.2C5H11.O.Ti/c2*1-2-3-4-5-6;2*1-3-5-4-2;;/h2*2-5H2,1H3;2*1,3-5H2,2H3;;/q2*-1;;;;+2. The van der Waals surface area contributed by atoms with Crippen LogP contribution in [0.3, 0.4) is 0 Å². The van der Waals surface area contributed by atoms with Gasteiger partial charge in [-0.05, 0) is 0 Å². The molecule has 0 aromatic carbocycles. The summed E-state index contributed by atoms with van der Waals surface area (Å²) in [6, 6.07) is 0. The van der Waals surface area contributed by atoms with E-state index in [2.05, 4.69) is 27.7 Å². The molecule has 0 spiro atoms.